The molecule has 27 heavy (non-hydrogen) atoms. The molecule has 1 amide bonds. The second kappa shape index (κ2) is 6.83. The molecule has 0 spiro atoms. The summed E-state index contributed by atoms with van der Waals surface area (Å²) in [6.07, 6.45) is 4.03. The summed E-state index contributed by atoms with van der Waals surface area (Å²) in [6, 6.07) is 10.6. The first-order valence-corrected chi connectivity index (χ1v) is 9.88. The second-order valence-corrected chi connectivity index (χ2v) is 8.75. The minimum absolute atomic E-state index is 0.0127. The van der Waals surface area contributed by atoms with E-state index in [1.165, 1.54) is 12.5 Å². The molecule has 0 saturated heterocycles. The lowest BCUT2D eigenvalue weighted by Gasteiger charge is -2.39. The van der Waals surface area contributed by atoms with E-state index in [1.54, 1.807) is 12.1 Å². The molecule has 1 heterocycles. The van der Waals surface area contributed by atoms with Crippen LogP contribution in [0.3, 0.4) is 0 Å². The quantitative estimate of drug-likeness (QED) is 0.721. The van der Waals surface area contributed by atoms with E-state index in [0.29, 0.717) is 28.6 Å². The van der Waals surface area contributed by atoms with Gasteiger partial charge >= 0.3 is 0 Å². The highest BCUT2D eigenvalue weighted by atomic mass is 35.5. The number of hydrogen-bond acceptors (Lipinski definition) is 2. The Labute approximate surface area is 164 Å². The Hall–Kier alpha value is -2.07. The largest absolute Gasteiger partial charge is 0.378 e. The summed E-state index contributed by atoms with van der Waals surface area (Å²) in [5.41, 5.74) is 3.08. The third-order valence-electron chi connectivity index (χ3n) is 5.83. The maximum atomic E-state index is 14.4. The molecule has 2 N–H and O–H groups in total. The van der Waals surface area contributed by atoms with Gasteiger partial charge in [0, 0.05) is 27.9 Å². The number of rotatable bonds is 3. The van der Waals surface area contributed by atoms with Crippen LogP contribution in [0.5, 0.6) is 0 Å². The van der Waals surface area contributed by atoms with Crippen molar-refractivity contribution in [2.24, 2.45) is 0 Å². The summed E-state index contributed by atoms with van der Waals surface area (Å²) in [4.78, 5) is 12.5. The van der Waals surface area contributed by atoms with Crippen LogP contribution in [0.1, 0.15) is 67.1 Å². The molecule has 5 heteroatoms. The van der Waals surface area contributed by atoms with E-state index in [-0.39, 0.29) is 23.2 Å². The Bertz CT molecular complexity index is 892. The molecule has 1 aliphatic heterocycles. The fourth-order valence-electron chi connectivity index (χ4n) is 4.02. The van der Waals surface area contributed by atoms with Crippen LogP contribution in [0, 0.1) is 5.82 Å². The van der Waals surface area contributed by atoms with Crippen LogP contribution in [0.15, 0.2) is 36.4 Å². The summed E-state index contributed by atoms with van der Waals surface area (Å²) < 4.78 is 14.4. The second-order valence-electron chi connectivity index (χ2n) is 8.31. The van der Waals surface area contributed by atoms with Crippen molar-refractivity contribution < 1.29 is 9.18 Å². The number of carbonyl (C=O) groups excluding carboxylic acids is 1. The number of amides is 1. The monoisotopic (exact) mass is 386 g/mol. The van der Waals surface area contributed by atoms with E-state index < -0.39 is 0 Å². The van der Waals surface area contributed by atoms with Gasteiger partial charge in [0.15, 0.2) is 0 Å². The number of benzene rings is 2. The molecule has 2 aromatic rings. The number of halogens is 2. The molecule has 2 aromatic carbocycles. The van der Waals surface area contributed by atoms with Gasteiger partial charge in [-0.25, -0.2) is 4.39 Å². The zero-order chi connectivity index (χ0) is 19.2. The van der Waals surface area contributed by atoms with Crippen molar-refractivity contribution >= 4 is 23.2 Å². The Morgan fingerprint density at radius 1 is 1.22 bits per heavy atom. The Morgan fingerprint density at radius 2 is 2.00 bits per heavy atom. The third-order valence-corrected chi connectivity index (χ3v) is 6.06. The number of anilines is 1. The maximum Gasteiger partial charge on any atom is 0.251 e. The molecule has 1 unspecified atom stereocenters. The molecule has 0 aromatic heterocycles. The maximum absolute atomic E-state index is 14.4. The van der Waals surface area contributed by atoms with Crippen LogP contribution in [-0.2, 0) is 5.41 Å². The third kappa shape index (κ3) is 3.55. The zero-order valence-electron chi connectivity index (χ0n) is 15.6. The molecular weight excluding hydrogens is 363 g/mol. The highest BCUT2D eigenvalue weighted by Gasteiger charge is 2.35. The van der Waals surface area contributed by atoms with E-state index in [4.69, 9.17) is 11.6 Å². The molecule has 0 radical (unpaired) electrons. The lowest BCUT2D eigenvalue weighted by Crippen LogP contribution is -2.39. The molecule has 1 saturated carbocycles. The smallest absolute Gasteiger partial charge is 0.251 e. The van der Waals surface area contributed by atoms with Crippen molar-refractivity contribution in [1.29, 1.82) is 0 Å². The molecular formula is C22H24ClFN2O. The first-order chi connectivity index (χ1) is 12.8. The highest BCUT2D eigenvalue weighted by molar-refractivity contribution is 6.30. The Kier molecular flexibility index (Phi) is 4.63. The van der Waals surface area contributed by atoms with E-state index in [2.05, 4.69) is 24.5 Å². The average Bonchev–Trinajstić information content (AvgIpc) is 2.59. The molecule has 142 valence electrons. The van der Waals surface area contributed by atoms with Crippen LogP contribution >= 0.6 is 11.6 Å². The van der Waals surface area contributed by atoms with Gasteiger partial charge in [-0.15, -0.1) is 0 Å². The Balaban J connectivity index is 1.63. The van der Waals surface area contributed by atoms with Crippen molar-refractivity contribution in [3.63, 3.8) is 0 Å². The van der Waals surface area contributed by atoms with Crippen molar-refractivity contribution in [3.05, 3.63) is 63.9 Å². The molecule has 1 fully saturated rings. The fourth-order valence-corrected chi connectivity index (χ4v) is 4.20. The average molecular weight is 387 g/mol. The summed E-state index contributed by atoms with van der Waals surface area (Å²) in [7, 11) is 0. The van der Waals surface area contributed by atoms with Gasteiger partial charge in [0.1, 0.15) is 5.82 Å². The molecule has 1 aliphatic carbocycles. The molecule has 1 atom stereocenters. The van der Waals surface area contributed by atoms with Crippen molar-refractivity contribution in [1.82, 2.24) is 5.32 Å². The predicted molar refractivity (Wildman–Crippen MR) is 107 cm³/mol. The van der Waals surface area contributed by atoms with Gasteiger partial charge in [-0.2, -0.15) is 0 Å². The predicted octanol–water partition coefficient (Wildman–Crippen LogP) is 5.60. The van der Waals surface area contributed by atoms with Crippen LogP contribution in [0.25, 0.3) is 0 Å². The van der Waals surface area contributed by atoms with Crippen LogP contribution in [0.2, 0.25) is 5.02 Å². The van der Waals surface area contributed by atoms with Gasteiger partial charge < -0.3 is 10.6 Å². The summed E-state index contributed by atoms with van der Waals surface area (Å²) >= 11 is 6.08. The van der Waals surface area contributed by atoms with E-state index >= 15 is 0 Å². The highest BCUT2D eigenvalue weighted by Crippen LogP contribution is 2.45. The van der Waals surface area contributed by atoms with Crippen molar-refractivity contribution in [3.8, 4) is 0 Å². The lowest BCUT2D eigenvalue weighted by molar-refractivity contribution is 0.0917. The first kappa shape index (κ1) is 18.3. The molecule has 3 nitrogen and oxygen atoms in total. The topological polar surface area (TPSA) is 41.1 Å². The lowest BCUT2D eigenvalue weighted by atomic mass is 9.73. The van der Waals surface area contributed by atoms with E-state index in [0.717, 1.165) is 24.1 Å². The normalized spacial score (nSPS) is 21.0. The summed E-state index contributed by atoms with van der Waals surface area (Å²) in [5.74, 6) is -0.269. The molecule has 2 aliphatic rings. The van der Waals surface area contributed by atoms with Crippen LogP contribution in [-0.4, -0.2) is 11.9 Å². The SMILES string of the molecule is CC1(C)CC(c2cc(Cl)ccc2F)Nc2ccc(C(=O)NC3CCC3)cc21. The van der Waals surface area contributed by atoms with Gasteiger partial charge in [0.2, 0.25) is 0 Å². The van der Waals surface area contributed by atoms with Crippen molar-refractivity contribution in [2.45, 2.75) is 57.0 Å². The van der Waals surface area contributed by atoms with Gasteiger partial charge in [0.25, 0.3) is 5.91 Å². The Morgan fingerprint density at radius 3 is 2.70 bits per heavy atom. The van der Waals surface area contributed by atoms with Gasteiger partial charge in [-0.3, -0.25) is 4.79 Å². The number of hydrogen-bond donors (Lipinski definition) is 2. The van der Waals surface area contributed by atoms with Gasteiger partial charge in [-0.1, -0.05) is 25.4 Å². The van der Waals surface area contributed by atoms with E-state index in [1.807, 2.05) is 18.2 Å². The minimum atomic E-state index is -0.257. The molecule has 0 bridgehead atoms. The number of nitrogens with one attached hydrogen (secondary N) is 2. The van der Waals surface area contributed by atoms with Crippen molar-refractivity contribution in [2.75, 3.05) is 5.32 Å². The van der Waals surface area contributed by atoms with E-state index in [9.17, 15) is 9.18 Å². The van der Waals surface area contributed by atoms with Crippen LogP contribution in [0.4, 0.5) is 10.1 Å². The summed E-state index contributed by atoms with van der Waals surface area (Å²) in [5, 5.41) is 7.05. The minimum Gasteiger partial charge on any atom is -0.378 e. The zero-order valence-corrected chi connectivity index (χ0v) is 16.4. The standard InChI is InChI=1S/C22H24ClFN2O/c1-22(2)12-20(16-11-14(23)7-8-18(16)24)26-19-9-6-13(10-17(19)22)21(27)25-15-4-3-5-15/h6-11,15,20,26H,3-5,12H2,1-2H3,(H,25,27). The molecule has 4 rings (SSSR count). The van der Waals surface area contributed by atoms with Crippen LogP contribution < -0.4 is 10.6 Å². The number of carbonyl (C=O) groups is 1. The number of fused-ring (bicyclic) bond motifs is 1. The van der Waals surface area contributed by atoms with Gasteiger partial charge in [-0.05, 0) is 73.1 Å². The first-order valence-electron chi connectivity index (χ1n) is 9.50. The van der Waals surface area contributed by atoms with Gasteiger partial charge in [0.05, 0.1) is 6.04 Å². The summed E-state index contributed by atoms with van der Waals surface area (Å²) in [6.45, 7) is 4.27. The fraction of sp³-hybridized carbons (Fsp3) is 0.409.